The maximum absolute atomic E-state index is 4.32. The summed E-state index contributed by atoms with van der Waals surface area (Å²) in [5.41, 5.74) is 2.40. The molecule has 1 aliphatic heterocycles. The van der Waals surface area contributed by atoms with Crippen molar-refractivity contribution in [1.82, 2.24) is 5.32 Å². The van der Waals surface area contributed by atoms with Gasteiger partial charge in [0, 0.05) is 0 Å². The van der Waals surface area contributed by atoms with E-state index in [0.29, 0.717) is 15.0 Å². The van der Waals surface area contributed by atoms with Crippen molar-refractivity contribution in [3.8, 4) is 0 Å². The van der Waals surface area contributed by atoms with Crippen LogP contribution in [0, 0.1) is 0 Å². The van der Waals surface area contributed by atoms with Crippen LogP contribution in [0.15, 0.2) is 20.8 Å². The van der Waals surface area contributed by atoms with Gasteiger partial charge < -0.3 is 0 Å². The fourth-order valence-corrected chi connectivity index (χ4v) is 1.92. The molecule has 0 fully saturated rings. The van der Waals surface area contributed by atoms with Crippen LogP contribution in [0.5, 0.6) is 0 Å². The molecule has 1 radical (unpaired) electrons. The Morgan fingerprint density at radius 2 is 2.00 bits per heavy atom. The van der Waals surface area contributed by atoms with Crippen molar-refractivity contribution < 1.29 is 0 Å². The third-order valence-electron chi connectivity index (χ3n) is 1.26. The summed E-state index contributed by atoms with van der Waals surface area (Å²) in [6.45, 7) is 6.28. The molecule has 0 saturated heterocycles. The number of allylic oxidation sites excluding steroid dienone is 3. The van der Waals surface area contributed by atoms with E-state index in [9.17, 15) is 0 Å². The second-order valence-electron chi connectivity index (χ2n) is 2.13. The third-order valence-corrected chi connectivity index (χ3v) is 3.58. The summed E-state index contributed by atoms with van der Waals surface area (Å²) in [5.74, 6) is 0. The van der Waals surface area contributed by atoms with Gasteiger partial charge in [0.15, 0.2) is 0 Å². The molecule has 0 unspecified atom stereocenters. The van der Waals surface area contributed by atoms with E-state index < -0.39 is 0 Å². The van der Waals surface area contributed by atoms with E-state index >= 15 is 0 Å². The molecule has 49 valence electrons. The van der Waals surface area contributed by atoms with Gasteiger partial charge in [0.05, 0.1) is 0 Å². The summed E-state index contributed by atoms with van der Waals surface area (Å²) in [7, 11) is 0. The number of hydrogen-bond acceptors (Lipinski definition) is 0. The molecule has 0 N–H and O–H groups in total. The summed E-state index contributed by atoms with van der Waals surface area (Å²) < 4.78 is 1.45. The van der Waals surface area contributed by atoms with Crippen molar-refractivity contribution >= 4 is 15.0 Å². The van der Waals surface area contributed by atoms with Gasteiger partial charge in [0.2, 0.25) is 0 Å². The monoisotopic (exact) mass is 188 g/mol. The molecule has 0 aromatic rings. The first-order valence-corrected chi connectivity index (χ1v) is 4.77. The molecule has 1 aliphatic rings. The van der Waals surface area contributed by atoms with Gasteiger partial charge in [-0.3, -0.25) is 0 Å². The molecule has 0 saturated carbocycles. The van der Waals surface area contributed by atoms with Crippen molar-refractivity contribution in [3.63, 3.8) is 0 Å². The predicted octanol–water partition coefficient (Wildman–Crippen LogP) is 1.42. The van der Waals surface area contributed by atoms with Crippen LogP contribution < -0.4 is 5.32 Å². The summed E-state index contributed by atoms with van der Waals surface area (Å²) in [5, 5.41) is 4.32. The van der Waals surface area contributed by atoms with Crippen molar-refractivity contribution in [1.29, 1.82) is 0 Å². The van der Waals surface area contributed by atoms with Crippen molar-refractivity contribution in [2.45, 2.75) is 20.8 Å². The molecule has 1 rings (SSSR count). The second-order valence-corrected chi connectivity index (χ2v) is 4.40. The van der Waals surface area contributed by atoms with Crippen molar-refractivity contribution in [3.05, 3.63) is 20.8 Å². The number of nitrogens with zero attached hydrogens (tertiary/aromatic N) is 1. The van der Waals surface area contributed by atoms with Gasteiger partial charge in [0.25, 0.3) is 0 Å². The molecule has 2 heteroatoms. The topological polar surface area (TPSA) is 14.1 Å². The number of hydrogen-bond donors (Lipinski definition) is 0. The van der Waals surface area contributed by atoms with Gasteiger partial charge in [-0.2, -0.15) is 0 Å². The van der Waals surface area contributed by atoms with Crippen molar-refractivity contribution in [2.75, 3.05) is 0 Å². The third kappa shape index (κ3) is 1.60. The van der Waals surface area contributed by atoms with Gasteiger partial charge in [0.1, 0.15) is 0 Å². The molecular formula is C7H10NSe. The predicted molar refractivity (Wildman–Crippen MR) is 40.0 cm³/mol. The fraction of sp³-hybridized carbons (Fsp3) is 0.429. The van der Waals surface area contributed by atoms with Crippen LogP contribution in [-0.2, 0) is 0 Å². The SMILES string of the molecule is CC1=C[Se]C(C)=C(C)[N]1. The molecule has 1 nitrogen and oxygen atoms in total. The fourth-order valence-electron chi connectivity index (χ4n) is 0.629. The number of rotatable bonds is 0. The zero-order chi connectivity index (χ0) is 6.85. The zero-order valence-electron chi connectivity index (χ0n) is 5.93. The van der Waals surface area contributed by atoms with Crippen LogP contribution in [0.4, 0.5) is 0 Å². The van der Waals surface area contributed by atoms with Crippen LogP contribution in [0.1, 0.15) is 20.8 Å². The summed E-state index contributed by atoms with van der Waals surface area (Å²) in [6, 6.07) is 0. The van der Waals surface area contributed by atoms with E-state index in [-0.39, 0.29) is 0 Å². The Morgan fingerprint density at radius 1 is 1.33 bits per heavy atom. The normalized spacial score (nSPS) is 19.2. The minimum atomic E-state index is 0.579. The minimum absolute atomic E-state index is 0.579. The van der Waals surface area contributed by atoms with Gasteiger partial charge in [-0.15, -0.1) is 0 Å². The molecule has 9 heavy (non-hydrogen) atoms. The Labute approximate surface area is 62.4 Å². The Kier molecular flexibility index (Phi) is 1.99. The molecule has 0 atom stereocenters. The molecular weight excluding hydrogens is 177 g/mol. The zero-order valence-corrected chi connectivity index (χ0v) is 7.65. The first kappa shape index (κ1) is 6.91. The van der Waals surface area contributed by atoms with E-state index in [1.807, 2.05) is 0 Å². The molecule has 0 aliphatic carbocycles. The van der Waals surface area contributed by atoms with Crippen LogP contribution in [0.2, 0.25) is 0 Å². The summed E-state index contributed by atoms with van der Waals surface area (Å²) in [6.07, 6.45) is 0. The molecule has 0 aromatic carbocycles. The molecule has 0 amide bonds. The average molecular weight is 187 g/mol. The first-order valence-electron chi connectivity index (χ1n) is 2.93. The Morgan fingerprint density at radius 3 is 2.44 bits per heavy atom. The molecule has 0 spiro atoms. The Hall–Kier alpha value is -0.201. The van der Waals surface area contributed by atoms with Gasteiger partial charge in [-0.25, -0.2) is 0 Å². The Bertz CT molecular complexity index is 179. The van der Waals surface area contributed by atoms with Crippen LogP contribution >= 0.6 is 0 Å². The van der Waals surface area contributed by atoms with E-state index in [1.165, 1.54) is 15.9 Å². The van der Waals surface area contributed by atoms with E-state index in [2.05, 4.69) is 31.1 Å². The quantitative estimate of drug-likeness (QED) is 0.509. The van der Waals surface area contributed by atoms with Crippen LogP contribution in [-0.4, -0.2) is 15.0 Å². The molecule has 0 bridgehead atoms. The first-order chi connectivity index (χ1) is 4.20. The van der Waals surface area contributed by atoms with Gasteiger partial charge in [-0.1, -0.05) is 0 Å². The summed E-state index contributed by atoms with van der Waals surface area (Å²) in [4.78, 5) is 2.22. The maximum atomic E-state index is 4.32. The van der Waals surface area contributed by atoms with Gasteiger partial charge in [-0.05, 0) is 0 Å². The summed E-state index contributed by atoms with van der Waals surface area (Å²) >= 11 is 0.579. The van der Waals surface area contributed by atoms with Crippen molar-refractivity contribution in [2.24, 2.45) is 0 Å². The van der Waals surface area contributed by atoms with Crippen LogP contribution in [0.25, 0.3) is 0 Å². The molecule has 0 aromatic heterocycles. The van der Waals surface area contributed by atoms with E-state index in [1.54, 1.807) is 0 Å². The standard InChI is InChI=1S/C7H10NSe/c1-5-4-9-7(3)6(2)8-5/h4H,1-3H3. The van der Waals surface area contributed by atoms with Gasteiger partial charge >= 0.3 is 61.9 Å². The Balaban J connectivity index is 2.70. The van der Waals surface area contributed by atoms with Crippen LogP contribution in [0.3, 0.4) is 0 Å². The average Bonchev–Trinajstić information content (AvgIpc) is 1.80. The van der Waals surface area contributed by atoms with E-state index in [4.69, 9.17) is 0 Å². The second kappa shape index (κ2) is 2.59. The van der Waals surface area contributed by atoms with E-state index in [0.717, 1.165) is 0 Å². The molecule has 1 heterocycles.